The van der Waals surface area contributed by atoms with Crippen LogP contribution in [-0.4, -0.2) is 35.4 Å². The molecule has 1 amide bonds. The molecular weight excluding hydrogens is 444 g/mol. The molecule has 174 valence electrons. The van der Waals surface area contributed by atoms with Crippen molar-refractivity contribution >= 4 is 34.0 Å². The average Bonchev–Trinajstić information content (AvgIpc) is 3.20. The van der Waals surface area contributed by atoms with Gasteiger partial charge >= 0.3 is 0 Å². The molecule has 0 aliphatic carbocycles. The lowest BCUT2D eigenvalue weighted by molar-refractivity contribution is -0.116. The summed E-state index contributed by atoms with van der Waals surface area (Å²) in [4.78, 5) is 29.3. The molecule has 0 saturated carbocycles. The van der Waals surface area contributed by atoms with E-state index in [1.165, 1.54) is 10.9 Å². The normalized spacial score (nSPS) is 10.9. The molecule has 0 radical (unpaired) electrons. The van der Waals surface area contributed by atoms with Crippen LogP contribution in [0.4, 0.5) is 17.2 Å². The number of aryl methyl sites for hydroxylation is 2. The Morgan fingerprint density at radius 3 is 2.43 bits per heavy atom. The number of aromatic nitrogens is 6. The van der Waals surface area contributed by atoms with Crippen LogP contribution in [0.15, 0.2) is 77.9 Å². The Kier molecular flexibility index (Phi) is 5.76. The van der Waals surface area contributed by atoms with Gasteiger partial charge in [0.05, 0.1) is 22.9 Å². The Morgan fingerprint density at radius 1 is 0.943 bits per heavy atom. The van der Waals surface area contributed by atoms with E-state index < -0.39 is 0 Å². The lowest BCUT2D eigenvalue weighted by Gasteiger charge is -2.10. The predicted octanol–water partition coefficient (Wildman–Crippen LogP) is 3.37. The number of anilines is 3. The Morgan fingerprint density at radius 2 is 1.71 bits per heavy atom. The van der Waals surface area contributed by atoms with Crippen molar-refractivity contribution in [2.45, 2.75) is 20.4 Å². The minimum absolute atomic E-state index is 0.131. The number of amides is 1. The van der Waals surface area contributed by atoms with E-state index in [4.69, 9.17) is 0 Å². The summed E-state index contributed by atoms with van der Waals surface area (Å²) < 4.78 is 3.04. The molecule has 0 aliphatic rings. The van der Waals surface area contributed by atoms with Gasteiger partial charge in [0.25, 0.3) is 5.56 Å². The minimum Gasteiger partial charge on any atom is -0.339 e. The highest BCUT2D eigenvalue weighted by atomic mass is 16.2. The lowest BCUT2D eigenvalue weighted by atomic mass is 10.2. The molecule has 35 heavy (non-hydrogen) atoms. The number of para-hydroxylation sites is 1. The van der Waals surface area contributed by atoms with E-state index in [1.807, 2.05) is 50.2 Å². The second-order valence-electron chi connectivity index (χ2n) is 8.06. The number of carbonyl (C=O) groups is 1. The topological polar surface area (TPSA) is 120 Å². The smallest absolute Gasteiger partial charge is 0.261 e. The summed E-state index contributed by atoms with van der Waals surface area (Å²) in [6.07, 6.45) is 1.39. The predicted molar refractivity (Wildman–Crippen MR) is 133 cm³/mol. The van der Waals surface area contributed by atoms with Crippen LogP contribution < -0.4 is 16.2 Å². The summed E-state index contributed by atoms with van der Waals surface area (Å²) in [5.41, 5.74) is 3.63. The molecule has 0 spiro atoms. The van der Waals surface area contributed by atoms with Crippen LogP contribution in [0.1, 0.15) is 11.4 Å². The number of nitrogens with one attached hydrogen (secondary N) is 2. The third-order valence-corrected chi connectivity index (χ3v) is 5.36. The molecule has 0 aliphatic heterocycles. The second kappa shape index (κ2) is 9.18. The zero-order valence-electron chi connectivity index (χ0n) is 19.1. The largest absolute Gasteiger partial charge is 0.339 e. The first-order valence-corrected chi connectivity index (χ1v) is 10.9. The molecule has 10 heteroatoms. The van der Waals surface area contributed by atoms with Crippen molar-refractivity contribution < 1.29 is 4.79 Å². The minimum atomic E-state index is -0.324. The van der Waals surface area contributed by atoms with Crippen LogP contribution in [0.2, 0.25) is 0 Å². The van der Waals surface area contributed by atoms with E-state index in [2.05, 4.69) is 30.9 Å². The van der Waals surface area contributed by atoms with Crippen molar-refractivity contribution in [3.8, 4) is 5.82 Å². The van der Waals surface area contributed by atoms with Gasteiger partial charge in [0.15, 0.2) is 11.6 Å². The summed E-state index contributed by atoms with van der Waals surface area (Å²) in [6.45, 7) is 3.76. The van der Waals surface area contributed by atoms with Crippen molar-refractivity contribution in [3.63, 3.8) is 0 Å². The monoisotopic (exact) mass is 466 g/mol. The molecule has 5 aromatic rings. The highest BCUT2D eigenvalue weighted by Crippen LogP contribution is 2.18. The molecule has 0 fully saturated rings. The van der Waals surface area contributed by atoms with E-state index in [0.29, 0.717) is 28.2 Å². The number of nitrogens with zero attached hydrogens (tertiary/aromatic N) is 6. The molecule has 3 heterocycles. The molecule has 0 unspecified atom stereocenters. The molecule has 0 bridgehead atoms. The van der Waals surface area contributed by atoms with E-state index >= 15 is 0 Å². The maximum Gasteiger partial charge on any atom is 0.261 e. The standard InChI is InChI=1S/C25H22N8O2/c1-16-13-17(2)33(31-16)23-12-11-22(29-30-23)27-18-7-9-19(10-8-18)28-24(34)14-32-15-26-21-6-4-3-5-20(21)25(32)35/h3-13,15H,14H2,1-2H3,(H,27,29)(H,28,34). The van der Waals surface area contributed by atoms with Crippen LogP contribution in [0, 0.1) is 13.8 Å². The van der Waals surface area contributed by atoms with Gasteiger partial charge in [-0.05, 0) is 68.4 Å². The van der Waals surface area contributed by atoms with Crippen LogP contribution >= 0.6 is 0 Å². The summed E-state index contributed by atoms with van der Waals surface area (Å²) in [6, 6.07) is 19.8. The lowest BCUT2D eigenvalue weighted by Crippen LogP contribution is -2.27. The fraction of sp³-hybridized carbons (Fsp3) is 0.120. The summed E-state index contributed by atoms with van der Waals surface area (Å²) >= 11 is 0. The quantitative estimate of drug-likeness (QED) is 0.394. The number of hydrogen-bond donors (Lipinski definition) is 2. The fourth-order valence-electron chi connectivity index (χ4n) is 3.72. The number of hydrogen-bond acceptors (Lipinski definition) is 7. The van der Waals surface area contributed by atoms with Crippen LogP contribution in [0.5, 0.6) is 0 Å². The highest BCUT2D eigenvalue weighted by Gasteiger charge is 2.09. The maximum atomic E-state index is 12.6. The van der Waals surface area contributed by atoms with Crippen molar-refractivity contribution in [2.75, 3.05) is 10.6 Å². The number of benzene rings is 2. The third kappa shape index (κ3) is 4.76. The van der Waals surface area contributed by atoms with Crippen LogP contribution in [0.3, 0.4) is 0 Å². The number of carbonyl (C=O) groups excluding carboxylic acids is 1. The molecule has 10 nitrogen and oxygen atoms in total. The van der Waals surface area contributed by atoms with E-state index in [9.17, 15) is 9.59 Å². The Labute approximate surface area is 200 Å². The maximum absolute atomic E-state index is 12.6. The van der Waals surface area contributed by atoms with Crippen molar-refractivity contribution in [2.24, 2.45) is 0 Å². The molecule has 2 aromatic carbocycles. The van der Waals surface area contributed by atoms with Gasteiger partial charge in [-0.3, -0.25) is 14.2 Å². The van der Waals surface area contributed by atoms with Gasteiger partial charge in [0.2, 0.25) is 5.91 Å². The number of rotatable bonds is 6. The molecule has 5 rings (SSSR count). The van der Waals surface area contributed by atoms with Crippen molar-refractivity contribution in [1.29, 1.82) is 0 Å². The highest BCUT2D eigenvalue weighted by molar-refractivity contribution is 5.91. The van der Waals surface area contributed by atoms with Gasteiger partial charge in [0.1, 0.15) is 6.54 Å². The van der Waals surface area contributed by atoms with Gasteiger partial charge in [-0.1, -0.05) is 12.1 Å². The van der Waals surface area contributed by atoms with Gasteiger partial charge in [-0.25, -0.2) is 9.67 Å². The zero-order valence-corrected chi connectivity index (χ0v) is 19.1. The average molecular weight is 467 g/mol. The van der Waals surface area contributed by atoms with E-state index in [0.717, 1.165) is 17.1 Å². The second-order valence-corrected chi connectivity index (χ2v) is 8.06. The van der Waals surface area contributed by atoms with Crippen molar-refractivity contribution in [1.82, 2.24) is 29.5 Å². The van der Waals surface area contributed by atoms with E-state index in [1.54, 1.807) is 35.0 Å². The first kappa shape index (κ1) is 22.0. The van der Waals surface area contributed by atoms with E-state index in [-0.39, 0.29) is 18.0 Å². The molecular formula is C25H22N8O2. The fourth-order valence-corrected chi connectivity index (χ4v) is 3.72. The van der Waals surface area contributed by atoms with Crippen molar-refractivity contribution in [3.05, 3.63) is 94.8 Å². The SMILES string of the molecule is Cc1cc(C)n(-c2ccc(Nc3ccc(NC(=O)Cn4cnc5ccccc5c4=O)cc3)nn2)n1. The Hall–Kier alpha value is -4.86. The van der Waals surface area contributed by atoms with Gasteiger partial charge in [-0.15, -0.1) is 10.2 Å². The Balaban J connectivity index is 1.21. The molecule has 3 aromatic heterocycles. The Bertz CT molecular complexity index is 1570. The third-order valence-electron chi connectivity index (χ3n) is 5.36. The zero-order chi connectivity index (χ0) is 24.4. The van der Waals surface area contributed by atoms with Crippen LogP contribution in [0.25, 0.3) is 16.7 Å². The molecule has 0 saturated heterocycles. The summed E-state index contributed by atoms with van der Waals surface area (Å²) in [7, 11) is 0. The van der Waals surface area contributed by atoms with Gasteiger partial charge < -0.3 is 10.6 Å². The van der Waals surface area contributed by atoms with Gasteiger partial charge in [-0.2, -0.15) is 5.10 Å². The van der Waals surface area contributed by atoms with Crippen LogP contribution in [-0.2, 0) is 11.3 Å². The van der Waals surface area contributed by atoms with Gasteiger partial charge in [0, 0.05) is 17.1 Å². The number of fused-ring (bicyclic) bond motifs is 1. The summed E-state index contributed by atoms with van der Waals surface area (Å²) in [5.74, 6) is 0.894. The molecule has 0 atom stereocenters. The first-order chi connectivity index (χ1) is 17.0. The first-order valence-electron chi connectivity index (χ1n) is 10.9. The molecule has 2 N–H and O–H groups in total. The summed E-state index contributed by atoms with van der Waals surface area (Å²) in [5, 5.41) is 19.3.